The maximum Gasteiger partial charge on any atom is 0.327 e. The average Bonchev–Trinajstić information content (AvgIpc) is 3.37. The molecule has 156 valence electrons. The van der Waals surface area contributed by atoms with Crippen LogP contribution >= 0.6 is 11.3 Å². The maximum atomic E-state index is 13.5. The number of rotatable bonds is 5. The van der Waals surface area contributed by atoms with E-state index >= 15 is 0 Å². The molecule has 3 aromatic heterocycles. The van der Waals surface area contributed by atoms with Crippen LogP contribution in [0.3, 0.4) is 0 Å². The molecule has 7 nitrogen and oxygen atoms in total. The highest BCUT2D eigenvalue weighted by Gasteiger charge is 2.53. The van der Waals surface area contributed by atoms with Gasteiger partial charge < -0.3 is 4.74 Å². The molecular formula is C22H25N5O2S. The number of esters is 1. The summed E-state index contributed by atoms with van der Waals surface area (Å²) in [6.07, 6.45) is 9.55. The standard InChI is InChI=1S/C22H25N5O2S/c1-21(2,3)29-20(28)22(12-15-6-4-5-7-24-15)13-16(17-14-23-8-9-25-17)18(27-22)19-26-10-11-30-19/h4-11,14,16,18,27H,12-13H2,1-3H3/t16-,18-,22+/m1/s1. The second-order valence-electron chi connectivity index (χ2n) is 8.52. The van der Waals surface area contributed by atoms with E-state index in [0.717, 1.165) is 16.4 Å². The van der Waals surface area contributed by atoms with Gasteiger partial charge >= 0.3 is 5.97 Å². The van der Waals surface area contributed by atoms with E-state index in [4.69, 9.17) is 4.74 Å². The molecule has 0 unspecified atom stereocenters. The number of carbonyl (C=O) groups excluding carboxylic acids is 1. The van der Waals surface area contributed by atoms with Crippen molar-refractivity contribution in [3.8, 4) is 0 Å². The molecule has 1 saturated heterocycles. The number of hydrogen-bond acceptors (Lipinski definition) is 8. The monoisotopic (exact) mass is 423 g/mol. The number of nitrogens with zero attached hydrogens (tertiary/aromatic N) is 4. The summed E-state index contributed by atoms with van der Waals surface area (Å²) < 4.78 is 5.86. The largest absolute Gasteiger partial charge is 0.459 e. The van der Waals surface area contributed by atoms with Gasteiger partial charge in [-0.1, -0.05) is 6.07 Å². The van der Waals surface area contributed by atoms with Crippen molar-refractivity contribution < 1.29 is 9.53 Å². The van der Waals surface area contributed by atoms with Crippen LogP contribution in [0.1, 0.15) is 55.5 Å². The summed E-state index contributed by atoms with van der Waals surface area (Å²) in [5.41, 5.74) is 0.113. The predicted octanol–water partition coefficient (Wildman–Crippen LogP) is 3.47. The highest BCUT2D eigenvalue weighted by Crippen LogP contribution is 2.46. The summed E-state index contributed by atoms with van der Waals surface area (Å²) in [6.45, 7) is 5.65. The summed E-state index contributed by atoms with van der Waals surface area (Å²) in [7, 11) is 0. The fourth-order valence-electron chi connectivity index (χ4n) is 3.88. The molecule has 0 radical (unpaired) electrons. The van der Waals surface area contributed by atoms with Gasteiger partial charge in [0.05, 0.1) is 11.7 Å². The Morgan fingerprint density at radius 1 is 1.20 bits per heavy atom. The minimum atomic E-state index is -0.944. The lowest BCUT2D eigenvalue weighted by Gasteiger charge is -2.32. The first-order valence-corrected chi connectivity index (χ1v) is 10.8. The highest BCUT2D eigenvalue weighted by atomic mass is 32.1. The third-order valence-corrected chi connectivity index (χ3v) is 5.94. The van der Waals surface area contributed by atoms with Crippen molar-refractivity contribution in [1.29, 1.82) is 0 Å². The van der Waals surface area contributed by atoms with Gasteiger partial charge in [0.2, 0.25) is 0 Å². The van der Waals surface area contributed by atoms with Crippen LogP contribution in [0, 0.1) is 0 Å². The van der Waals surface area contributed by atoms with Gasteiger partial charge in [0, 0.05) is 54.4 Å². The van der Waals surface area contributed by atoms with Crippen LogP contribution in [0.4, 0.5) is 0 Å². The summed E-state index contributed by atoms with van der Waals surface area (Å²) in [5, 5.41) is 6.45. The second kappa shape index (κ2) is 8.20. The Hall–Kier alpha value is -2.71. The Balaban J connectivity index is 1.76. The lowest BCUT2D eigenvalue weighted by molar-refractivity contribution is -0.162. The van der Waals surface area contributed by atoms with E-state index in [9.17, 15) is 4.79 Å². The fourth-order valence-corrected chi connectivity index (χ4v) is 4.63. The van der Waals surface area contributed by atoms with Gasteiger partial charge in [0.1, 0.15) is 16.1 Å². The molecular weight excluding hydrogens is 398 g/mol. The van der Waals surface area contributed by atoms with Crippen molar-refractivity contribution in [1.82, 2.24) is 25.3 Å². The molecule has 0 bridgehead atoms. The molecule has 3 atom stereocenters. The van der Waals surface area contributed by atoms with Crippen LogP contribution in [0.5, 0.6) is 0 Å². The Kier molecular flexibility index (Phi) is 5.62. The number of nitrogens with one attached hydrogen (secondary N) is 1. The van der Waals surface area contributed by atoms with Crippen LogP contribution < -0.4 is 5.32 Å². The Bertz CT molecular complexity index is 976. The Morgan fingerprint density at radius 2 is 2.07 bits per heavy atom. The Morgan fingerprint density at radius 3 is 2.70 bits per heavy atom. The van der Waals surface area contributed by atoms with Gasteiger partial charge in [-0.25, -0.2) is 4.98 Å². The predicted molar refractivity (Wildman–Crippen MR) is 114 cm³/mol. The van der Waals surface area contributed by atoms with Crippen LogP contribution in [0.15, 0.2) is 54.6 Å². The van der Waals surface area contributed by atoms with Gasteiger partial charge in [-0.3, -0.25) is 25.1 Å². The van der Waals surface area contributed by atoms with Crippen molar-refractivity contribution in [3.63, 3.8) is 0 Å². The van der Waals surface area contributed by atoms with E-state index in [2.05, 4.69) is 25.3 Å². The molecule has 1 N–H and O–H groups in total. The molecule has 1 aliphatic heterocycles. The average molecular weight is 424 g/mol. The molecule has 1 fully saturated rings. The van der Waals surface area contributed by atoms with E-state index in [0.29, 0.717) is 12.8 Å². The summed E-state index contributed by atoms with van der Waals surface area (Å²) in [5.74, 6) is -0.352. The first kappa shape index (κ1) is 20.6. The van der Waals surface area contributed by atoms with E-state index in [-0.39, 0.29) is 17.9 Å². The number of pyridine rings is 1. The smallest absolute Gasteiger partial charge is 0.327 e. The number of ether oxygens (including phenoxy) is 1. The molecule has 0 spiro atoms. The molecule has 1 aliphatic rings. The zero-order valence-corrected chi connectivity index (χ0v) is 18.1. The van der Waals surface area contributed by atoms with Crippen molar-refractivity contribution in [3.05, 3.63) is 71.0 Å². The van der Waals surface area contributed by atoms with Crippen molar-refractivity contribution >= 4 is 17.3 Å². The van der Waals surface area contributed by atoms with E-state index in [1.807, 2.05) is 44.4 Å². The number of aromatic nitrogens is 4. The zero-order chi connectivity index (χ0) is 21.2. The SMILES string of the molecule is CC(C)(C)OC(=O)[C@]1(Cc2ccccn2)C[C@H](c2cnccn2)[C@H](c2nccs2)N1. The van der Waals surface area contributed by atoms with Crippen LogP contribution in [0.2, 0.25) is 0 Å². The zero-order valence-electron chi connectivity index (χ0n) is 17.3. The quantitative estimate of drug-likeness (QED) is 0.629. The molecule has 0 amide bonds. The second-order valence-corrected chi connectivity index (χ2v) is 9.44. The third-order valence-electron chi connectivity index (χ3n) is 5.08. The summed E-state index contributed by atoms with van der Waals surface area (Å²) >= 11 is 1.56. The number of carbonyl (C=O) groups is 1. The molecule has 0 saturated carbocycles. The molecule has 3 aromatic rings. The minimum absolute atomic E-state index is 0.0684. The summed E-state index contributed by atoms with van der Waals surface area (Å²) in [6, 6.07) is 5.56. The van der Waals surface area contributed by atoms with Crippen molar-refractivity contribution in [2.24, 2.45) is 0 Å². The third kappa shape index (κ3) is 4.39. The molecule has 0 aromatic carbocycles. The molecule has 0 aliphatic carbocycles. The number of thiazole rings is 1. The topological polar surface area (TPSA) is 89.9 Å². The lowest BCUT2D eigenvalue weighted by atomic mass is 9.85. The lowest BCUT2D eigenvalue weighted by Crippen LogP contribution is -2.52. The molecule has 8 heteroatoms. The molecule has 30 heavy (non-hydrogen) atoms. The normalized spacial score (nSPS) is 24.0. The van der Waals surface area contributed by atoms with Gasteiger partial charge in [-0.05, 0) is 39.3 Å². The maximum absolute atomic E-state index is 13.5. The highest BCUT2D eigenvalue weighted by molar-refractivity contribution is 7.09. The first-order chi connectivity index (χ1) is 14.4. The van der Waals surface area contributed by atoms with E-state index < -0.39 is 11.1 Å². The van der Waals surface area contributed by atoms with Crippen LogP contribution in [0.25, 0.3) is 0 Å². The Labute approximate surface area is 180 Å². The van der Waals surface area contributed by atoms with Crippen LogP contribution in [-0.2, 0) is 16.0 Å². The minimum Gasteiger partial charge on any atom is -0.459 e. The summed E-state index contributed by atoms with van der Waals surface area (Å²) in [4.78, 5) is 31.3. The fraction of sp³-hybridized carbons (Fsp3) is 0.409. The van der Waals surface area contributed by atoms with Gasteiger partial charge in [0.15, 0.2) is 0 Å². The van der Waals surface area contributed by atoms with E-state index in [1.54, 1.807) is 42.3 Å². The van der Waals surface area contributed by atoms with Crippen molar-refractivity contribution in [2.45, 2.75) is 56.7 Å². The van der Waals surface area contributed by atoms with Gasteiger partial charge in [0.25, 0.3) is 0 Å². The van der Waals surface area contributed by atoms with Gasteiger partial charge in [-0.2, -0.15) is 0 Å². The first-order valence-electron chi connectivity index (χ1n) is 9.93. The van der Waals surface area contributed by atoms with E-state index in [1.165, 1.54) is 0 Å². The molecule has 4 heterocycles. The van der Waals surface area contributed by atoms with Crippen LogP contribution in [-0.4, -0.2) is 37.0 Å². The molecule has 4 rings (SSSR count). The van der Waals surface area contributed by atoms with Gasteiger partial charge in [-0.15, -0.1) is 11.3 Å². The van der Waals surface area contributed by atoms with Crippen molar-refractivity contribution in [2.75, 3.05) is 0 Å². The number of hydrogen-bond donors (Lipinski definition) is 1.